The van der Waals surface area contributed by atoms with E-state index in [1.54, 1.807) is 0 Å². The predicted octanol–water partition coefficient (Wildman–Crippen LogP) is 1.29. The van der Waals surface area contributed by atoms with Gasteiger partial charge in [0, 0.05) is 11.9 Å². The van der Waals surface area contributed by atoms with Crippen molar-refractivity contribution in [2.24, 2.45) is 0 Å². The second-order valence-electron chi connectivity index (χ2n) is 2.88. The molecule has 0 radical (unpaired) electrons. The van der Waals surface area contributed by atoms with Crippen LogP contribution in [0.5, 0.6) is 0 Å². The number of halogens is 1. The van der Waals surface area contributed by atoms with E-state index in [1.807, 2.05) is 0 Å². The van der Waals surface area contributed by atoms with Crippen molar-refractivity contribution >= 4 is 22.0 Å². The summed E-state index contributed by atoms with van der Waals surface area (Å²) in [5.41, 5.74) is 0. The molecule has 1 atom stereocenters. The molecule has 0 aromatic carbocycles. The summed E-state index contributed by atoms with van der Waals surface area (Å²) >= 11 is 3.26. The van der Waals surface area contributed by atoms with Crippen LogP contribution >= 0.6 is 15.9 Å². The Labute approximate surface area is 86.1 Å². The van der Waals surface area contributed by atoms with Gasteiger partial charge in [-0.2, -0.15) is 0 Å². The molecule has 0 bridgehead atoms. The van der Waals surface area contributed by atoms with Crippen LogP contribution < -0.4 is 5.32 Å². The van der Waals surface area contributed by atoms with Gasteiger partial charge in [-0.15, -0.1) is 0 Å². The second kappa shape index (κ2) is 6.21. The van der Waals surface area contributed by atoms with Gasteiger partial charge >= 0.3 is 6.09 Å². The predicted molar refractivity (Wildman–Crippen MR) is 52.1 cm³/mol. The lowest BCUT2D eigenvalue weighted by Gasteiger charge is -2.10. The normalized spacial score (nSPS) is 21.5. The third-order valence-corrected chi connectivity index (χ3v) is 2.32. The first-order valence-electron chi connectivity index (χ1n) is 4.40. The van der Waals surface area contributed by atoms with Crippen LogP contribution in [0.25, 0.3) is 0 Å². The van der Waals surface area contributed by atoms with E-state index in [4.69, 9.17) is 9.47 Å². The molecule has 4 nitrogen and oxygen atoms in total. The van der Waals surface area contributed by atoms with Crippen LogP contribution in [0.4, 0.5) is 4.79 Å². The molecule has 1 rings (SSSR count). The summed E-state index contributed by atoms with van der Waals surface area (Å²) in [6.07, 6.45) is 1.39. The maximum absolute atomic E-state index is 11.1. The number of carbonyl (C=O) groups excluding carboxylic acids is 1. The van der Waals surface area contributed by atoms with Gasteiger partial charge in [-0.1, -0.05) is 15.9 Å². The van der Waals surface area contributed by atoms with Crippen molar-refractivity contribution in [3.63, 3.8) is 0 Å². The minimum absolute atomic E-state index is 0.136. The molecule has 13 heavy (non-hydrogen) atoms. The van der Waals surface area contributed by atoms with Crippen molar-refractivity contribution in [2.45, 2.75) is 18.9 Å². The smallest absolute Gasteiger partial charge is 0.407 e. The van der Waals surface area contributed by atoms with Crippen molar-refractivity contribution < 1.29 is 14.3 Å². The van der Waals surface area contributed by atoms with Gasteiger partial charge in [0.1, 0.15) is 0 Å². The van der Waals surface area contributed by atoms with Crippen LogP contribution in [-0.4, -0.2) is 37.3 Å². The quantitative estimate of drug-likeness (QED) is 0.605. The molecule has 76 valence electrons. The summed E-state index contributed by atoms with van der Waals surface area (Å²) < 4.78 is 10.0. The van der Waals surface area contributed by atoms with E-state index < -0.39 is 0 Å². The van der Waals surface area contributed by atoms with Gasteiger partial charge in [0.2, 0.25) is 0 Å². The fourth-order valence-corrected chi connectivity index (χ4v) is 1.31. The Kier molecular flexibility index (Phi) is 5.15. The van der Waals surface area contributed by atoms with Crippen LogP contribution in [0, 0.1) is 0 Å². The Hall–Kier alpha value is -0.290. The molecule has 1 aliphatic rings. The number of nitrogens with one attached hydrogen (secondary N) is 1. The van der Waals surface area contributed by atoms with Crippen molar-refractivity contribution in [3.8, 4) is 0 Å². The number of alkyl halides is 1. The van der Waals surface area contributed by atoms with Gasteiger partial charge < -0.3 is 14.8 Å². The molecule has 1 N–H and O–H groups in total. The first kappa shape index (κ1) is 10.8. The highest BCUT2D eigenvalue weighted by Gasteiger charge is 2.17. The van der Waals surface area contributed by atoms with Crippen LogP contribution in [-0.2, 0) is 9.47 Å². The Balaban J connectivity index is 2.02. The van der Waals surface area contributed by atoms with Crippen molar-refractivity contribution in [3.05, 3.63) is 0 Å². The van der Waals surface area contributed by atoms with Crippen molar-refractivity contribution in [2.75, 3.05) is 25.2 Å². The van der Waals surface area contributed by atoms with E-state index in [1.165, 1.54) is 0 Å². The number of amides is 1. The summed E-state index contributed by atoms with van der Waals surface area (Å²) in [7, 11) is 0. The average molecular weight is 252 g/mol. The second-order valence-corrected chi connectivity index (χ2v) is 3.68. The zero-order valence-corrected chi connectivity index (χ0v) is 9.01. The van der Waals surface area contributed by atoms with Gasteiger partial charge in [-0.3, -0.25) is 0 Å². The maximum atomic E-state index is 11.1. The lowest BCUT2D eigenvalue weighted by atomic mass is 10.3. The zero-order valence-electron chi connectivity index (χ0n) is 7.42. The largest absolute Gasteiger partial charge is 0.450 e. The lowest BCUT2D eigenvalue weighted by Crippen LogP contribution is -2.35. The number of hydrogen-bond acceptors (Lipinski definition) is 3. The third-order valence-electron chi connectivity index (χ3n) is 1.76. The van der Waals surface area contributed by atoms with E-state index in [-0.39, 0.29) is 12.1 Å². The maximum Gasteiger partial charge on any atom is 0.407 e. The molecule has 0 aromatic heterocycles. The molecule has 5 heteroatoms. The summed E-state index contributed by atoms with van der Waals surface area (Å²) in [6, 6.07) is 0.136. The van der Waals surface area contributed by atoms with E-state index in [0.29, 0.717) is 13.2 Å². The van der Waals surface area contributed by atoms with Crippen LogP contribution in [0.2, 0.25) is 0 Å². The number of hydrogen-bond donors (Lipinski definition) is 1. The lowest BCUT2D eigenvalue weighted by molar-refractivity contribution is 0.139. The molecule has 0 aliphatic carbocycles. The molecule has 1 heterocycles. The van der Waals surface area contributed by atoms with Crippen LogP contribution in [0.15, 0.2) is 0 Å². The minimum atomic E-state index is -0.337. The Morgan fingerprint density at radius 2 is 2.54 bits per heavy atom. The number of rotatable bonds is 4. The Morgan fingerprint density at radius 1 is 1.69 bits per heavy atom. The molecule has 1 fully saturated rings. The fourth-order valence-electron chi connectivity index (χ4n) is 1.08. The molecule has 1 saturated heterocycles. The third kappa shape index (κ3) is 4.47. The van der Waals surface area contributed by atoms with Crippen molar-refractivity contribution in [1.82, 2.24) is 5.32 Å². The molecule has 1 aliphatic heterocycles. The van der Waals surface area contributed by atoms with Crippen LogP contribution in [0.3, 0.4) is 0 Å². The van der Waals surface area contributed by atoms with E-state index in [0.717, 1.165) is 24.8 Å². The molecule has 0 saturated carbocycles. The molecule has 1 amide bonds. The van der Waals surface area contributed by atoms with Crippen molar-refractivity contribution in [1.29, 1.82) is 0 Å². The zero-order chi connectivity index (χ0) is 9.52. The van der Waals surface area contributed by atoms with E-state index in [9.17, 15) is 4.79 Å². The number of carbonyl (C=O) groups is 1. The number of alkyl carbamates (subject to hydrolysis) is 1. The molecule has 1 unspecified atom stereocenters. The minimum Gasteiger partial charge on any atom is -0.450 e. The molecular weight excluding hydrogens is 238 g/mol. The summed E-state index contributed by atoms with van der Waals surface area (Å²) in [5.74, 6) is 0. The van der Waals surface area contributed by atoms with E-state index in [2.05, 4.69) is 21.2 Å². The summed E-state index contributed by atoms with van der Waals surface area (Å²) in [6.45, 7) is 1.80. The highest BCUT2D eigenvalue weighted by atomic mass is 79.9. The van der Waals surface area contributed by atoms with E-state index >= 15 is 0 Å². The highest BCUT2D eigenvalue weighted by Crippen LogP contribution is 2.03. The van der Waals surface area contributed by atoms with Gasteiger partial charge in [0.15, 0.2) is 0 Å². The van der Waals surface area contributed by atoms with Gasteiger partial charge in [0.25, 0.3) is 0 Å². The molecule has 0 spiro atoms. The number of ether oxygens (including phenoxy) is 2. The average Bonchev–Trinajstić information content (AvgIpc) is 2.57. The topological polar surface area (TPSA) is 47.6 Å². The van der Waals surface area contributed by atoms with Gasteiger partial charge in [-0.05, 0) is 12.8 Å². The first-order valence-corrected chi connectivity index (χ1v) is 5.52. The SMILES string of the molecule is O=C(NC1CCOC1)OCCCBr. The van der Waals surface area contributed by atoms with Crippen LogP contribution in [0.1, 0.15) is 12.8 Å². The van der Waals surface area contributed by atoms with Gasteiger partial charge in [0.05, 0.1) is 19.3 Å². The Morgan fingerprint density at radius 3 is 3.15 bits per heavy atom. The summed E-state index contributed by atoms with van der Waals surface area (Å²) in [5, 5.41) is 3.59. The molecular formula is C8H14BrNO3. The highest BCUT2D eigenvalue weighted by molar-refractivity contribution is 9.09. The fraction of sp³-hybridized carbons (Fsp3) is 0.875. The monoisotopic (exact) mass is 251 g/mol. The summed E-state index contributed by atoms with van der Waals surface area (Å²) in [4.78, 5) is 11.1. The standard InChI is InChI=1S/C8H14BrNO3/c9-3-1-4-13-8(11)10-7-2-5-12-6-7/h7H,1-6H2,(H,10,11). The first-order chi connectivity index (χ1) is 6.33. The molecule has 0 aromatic rings. The van der Waals surface area contributed by atoms with Gasteiger partial charge in [-0.25, -0.2) is 4.79 Å². The Bertz CT molecular complexity index is 159.